The summed E-state index contributed by atoms with van der Waals surface area (Å²) in [4.78, 5) is 48.5. The third-order valence-corrected chi connectivity index (χ3v) is 8.73. The Bertz CT molecular complexity index is 1820. The topological polar surface area (TPSA) is 128 Å². The van der Waals surface area contributed by atoms with Gasteiger partial charge in [-0.1, -0.05) is 0 Å². The van der Waals surface area contributed by atoms with Crippen molar-refractivity contribution in [1.82, 2.24) is 20.2 Å². The number of halogens is 6. The van der Waals surface area contributed by atoms with Gasteiger partial charge in [-0.3, -0.25) is 19.4 Å². The van der Waals surface area contributed by atoms with Crippen LogP contribution >= 0.6 is 0 Å². The normalized spacial score (nSPS) is 23.9. The number of amides is 3. The fraction of sp³-hybridized carbons (Fsp3) is 0.333. The van der Waals surface area contributed by atoms with Crippen molar-refractivity contribution in [3.05, 3.63) is 87.6 Å². The molecule has 1 aromatic carbocycles. The summed E-state index contributed by atoms with van der Waals surface area (Å²) in [6.07, 6.45) is -2.63. The number of pyridine rings is 2. The highest BCUT2D eigenvalue weighted by molar-refractivity contribution is 6.06. The van der Waals surface area contributed by atoms with Gasteiger partial charge in [-0.05, 0) is 49.6 Å². The van der Waals surface area contributed by atoms with E-state index < -0.39 is 77.4 Å². The molecule has 15 heteroatoms. The number of nitrogens with zero attached hydrogens (tertiary/aromatic N) is 4. The van der Waals surface area contributed by atoms with Crippen molar-refractivity contribution in [2.75, 3.05) is 11.9 Å². The molecular formula is C30H22F6N6O3. The van der Waals surface area contributed by atoms with Crippen LogP contribution < -0.4 is 10.6 Å². The van der Waals surface area contributed by atoms with Crippen LogP contribution in [0, 0.1) is 28.8 Å². The third-order valence-electron chi connectivity index (χ3n) is 8.73. The van der Waals surface area contributed by atoms with Crippen molar-refractivity contribution in [2.24, 2.45) is 0 Å². The summed E-state index contributed by atoms with van der Waals surface area (Å²) in [6.45, 7) is -0.592. The number of fused-ring (bicyclic) bond motifs is 3. The number of likely N-dealkylation sites (tertiary alicyclic amines) is 1. The minimum atomic E-state index is -4.88. The zero-order chi connectivity index (χ0) is 32.4. The van der Waals surface area contributed by atoms with Gasteiger partial charge in [-0.15, -0.1) is 0 Å². The maximum absolute atomic E-state index is 14.8. The number of piperidine rings is 1. The fourth-order valence-electron chi connectivity index (χ4n) is 6.53. The van der Waals surface area contributed by atoms with Gasteiger partial charge in [0.1, 0.15) is 30.3 Å². The molecule has 9 nitrogen and oxygen atoms in total. The number of alkyl halides is 3. The minimum Gasteiger partial charge on any atom is -0.340 e. The monoisotopic (exact) mass is 628 g/mol. The van der Waals surface area contributed by atoms with Crippen LogP contribution in [0.25, 0.3) is 0 Å². The van der Waals surface area contributed by atoms with Crippen LogP contribution in [0.5, 0.6) is 0 Å². The summed E-state index contributed by atoms with van der Waals surface area (Å²) >= 11 is 0. The molecule has 3 aromatic rings. The largest absolute Gasteiger partial charge is 0.406 e. The van der Waals surface area contributed by atoms with E-state index in [2.05, 4.69) is 20.6 Å². The predicted molar refractivity (Wildman–Crippen MR) is 143 cm³/mol. The van der Waals surface area contributed by atoms with Gasteiger partial charge < -0.3 is 15.5 Å². The molecule has 2 N–H and O–H groups in total. The molecule has 0 saturated carbocycles. The Morgan fingerprint density at radius 3 is 2.58 bits per heavy atom. The number of rotatable bonds is 4. The summed E-state index contributed by atoms with van der Waals surface area (Å²) in [5, 5.41) is 14.4. The summed E-state index contributed by atoms with van der Waals surface area (Å²) in [5.74, 6) is -7.74. The van der Waals surface area contributed by atoms with Crippen LogP contribution in [-0.2, 0) is 27.8 Å². The highest BCUT2D eigenvalue weighted by atomic mass is 19.4. The van der Waals surface area contributed by atoms with Crippen LogP contribution in [0.3, 0.4) is 0 Å². The number of hydrogen-bond donors (Lipinski definition) is 2. The van der Waals surface area contributed by atoms with E-state index in [9.17, 15) is 46.0 Å². The molecule has 1 spiro atoms. The van der Waals surface area contributed by atoms with Gasteiger partial charge in [0, 0.05) is 47.6 Å². The van der Waals surface area contributed by atoms with Gasteiger partial charge in [-0.2, -0.15) is 18.4 Å². The van der Waals surface area contributed by atoms with E-state index in [1.807, 2.05) is 6.07 Å². The van der Waals surface area contributed by atoms with Crippen molar-refractivity contribution in [3.63, 3.8) is 0 Å². The molecule has 1 fully saturated rings. The lowest BCUT2D eigenvalue weighted by molar-refractivity contribution is -0.170. The van der Waals surface area contributed by atoms with Crippen LogP contribution in [0.15, 0.2) is 36.7 Å². The zero-order valence-corrected chi connectivity index (χ0v) is 23.3. The highest BCUT2D eigenvalue weighted by Crippen LogP contribution is 2.46. The Balaban J connectivity index is 1.28. The molecule has 2 aromatic heterocycles. The maximum atomic E-state index is 14.8. The first kappa shape index (κ1) is 30.0. The van der Waals surface area contributed by atoms with Crippen molar-refractivity contribution >= 4 is 23.5 Å². The molecule has 3 aliphatic rings. The quantitative estimate of drug-likeness (QED) is 0.334. The molecule has 1 aliphatic carbocycles. The van der Waals surface area contributed by atoms with E-state index in [4.69, 9.17) is 0 Å². The fourth-order valence-corrected chi connectivity index (χ4v) is 6.53. The number of hydrogen-bond acceptors (Lipinski definition) is 6. The Kier molecular flexibility index (Phi) is 7.06. The summed E-state index contributed by atoms with van der Waals surface area (Å²) in [7, 11) is 0. The lowest BCUT2D eigenvalue weighted by Crippen LogP contribution is -2.60. The molecule has 4 atom stereocenters. The van der Waals surface area contributed by atoms with Gasteiger partial charge in [0.2, 0.25) is 11.8 Å². The number of carbonyl (C=O) groups excluding carboxylic acids is 3. The molecular weight excluding hydrogens is 606 g/mol. The zero-order valence-electron chi connectivity index (χ0n) is 23.3. The molecule has 6 rings (SSSR count). The minimum absolute atomic E-state index is 0.0817. The Hall–Kier alpha value is -5.00. The molecule has 232 valence electrons. The van der Waals surface area contributed by atoms with Crippen LogP contribution in [0.1, 0.15) is 57.6 Å². The highest BCUT2D eigenvalue weighted by Gasteiger charge is 2.52. The first-order valence-electron chi connectivity index (χ1n) is 13.7. The number of benzene rings is 1. The van der Waals surface area contributed by atoms with Gasteiger partial charge in [0.05, 0.1) is 16.5 Å². The lowest BCUT2D eigenvalue weighted by Gasteiger charge is -2.43. The molecule has 1 saturated heterocycles. The van der Waals surface area contributed by atoms with E-state index >= 15 is 0 Å². The maximum Gasteiger partial charge on any atom is 0.406 e. The molecule has 0 unspecified atom stereocenters. The second-order valence-corrected chi connectivity index (χ2v) is 11.4. The second kappa shape index (κ2) is 10.6. The van der Waals surface area contributed by atoms with Gasteiger partial charge in [0.15, 0.2) is 11.6 Å². The first-order chi connectivity index (χ1) is 21.2. The second-order valence-electron chi connectivity index (χ2n) is 11.4. The predicted octanol–water partition coefficient (Wildman–Crippen LogP) is 3.82. The lowest BCUT2D eigenvalue weighted by atomic mass is 9.79. The van der Waals surface area contributed by atoms with Crippen molar-refractivity contribution in [3.8, 4) is 6.07 Å². The smallest absolute Gasteiger partial charge is 0.340 e. The SMILES string of the molecule is C[C@@H]1[C@H](c2c(F)ccc(F)c2F)C[C@H](NC(=O)c2cnc3c(c2)C[C@@]2(C3)C(=O)Nc3ncc(C#N)cc32)C(=O)N1CC(F)(F)F. The number of nitrogens with one attached hydrogen (secondary N) is 2. The van der Waals surface area contributed by atoms with E-state index in [1.54, 1.807) is 6.07 Å². The first-order valence-corrected chi connectivity index (χ1v) is 13.7. The average molecular weight is 629 g/mol. The van der Waals surface area contributed by atoms with E-state index in [0.717, 1.165) is 0 Å². The molecule has 0 radical (unpaired) electrons. The number of carbonyl (C=O) groups is 3. The summed E-state index contributed by atoms with van der Waals surface area (Å²) < 4.78 is 84.0. The van der Waals surface area contributed by atoms with E-state index in [0.29, 0.717) is 39.7 Å². The molecule has 3 amide bonds. The van der Waals surface area contributed by atoms with Crippen LogP contribution in [0.4, 0.5) is 32.2 Å². The summed E-state index contributed by atoms with van der Waals surface area (Å²) in [6, 6.07) is 3.11. The number of anilines is 1. The van der Waals surface area contributed by atoms with Gasteiger partial charge in [0.25, 0.3) is 5.91 Å². The van der Waals surface area contributed by atoms with Gasteiger partial charge >= 0.3 is 6.18 Å². The van der Waals surface area contributed by atoms with Crippen LogP contribution in [0.2, 0.25) is 0 Å². The molecule has 2 aliphatic heterocycles. The van der Waals surface area contributed by atoms with Crippen molar-refractivity contribution in [2.45, 2.75) is 55.8 Å². The van der Waals surface area contributed by atoms with Crippen molar-refractivity contribution < 1.29 is 40.7 Å². The van der Waals surface area contributed by atoms with Gasteiger partial charge in [-0.25, -0.2) is 18.2 Å². The molecule has 45 heavy (non-hydrogen) atoms. The third kappa shape index (κ3) is 5.03. The van der Waals surface area contributed by atoms with Crippen LogP contribution in [-0.4, -0.2) is 57.4 Å². The Morgan fingerprint density at radius 1 is 1.13 bits per heavy atom. The molecule has 0 bridgehead atoms. The Labute approximate surface area is 251 Å². The van der Waals surface area contributed by atoms with Crippen molar-refractivity contribution in [1.29, 1.82) is 5.26 Å². The van der Waals surface area contributed by atoms with E-state index in [-0.39, 0.29) is 29.9 Å². The van der Waals surface area contributed by atoms with E-state index in [1.165, 1.54) is 25.4 Å². The standard InChI is InChI=1S/C30H22F6N6O3/c1-13-17(23-19(31)2-3-20(32)24(23)33)6-21(27(44)42(13)12-30(34,35)36)40-26(43)16-5-15-7-29(8-22(15)38-11-16)18-4-14(9-37)10-39-25(18)41-28(29)45/h2-5,10-11,13,17,21H,6-8,12H2,1H3,(H,40,43)(H,39,41,45)/t13-,17-,21+,29+/m1/s1. The number of nitriles is 1. The average Bonchev–Trinajstić information content (AvgIpc) is 3.51. The molecule has 4 heterocycles. The Morgan fingerprint density at radius 2 is 1.87 bits per heavy atom. The summed E-state index contributed by atoms with van der Waals surface area (Å²) in [5.41, 5.74) is -0.276. The number of aromatic nitrogens is 2.